The minimum atomic E-state index is 0.585. The fourth-order valence-electron chi connectivity index (χ4n) is 9.85. The Labute approximate surface area is 392 Å². The third-order valence-electron chi connectivity index (χ3n) is 13.0. The Morgan fingerprint density at radius 3 is 1.32 bits per heavy atom. The topological polar surface area (TPSA) is 61.4 Å². The van der Waals surface area contributed by atoms with E-state index in [0.717, 1.165) is 83.8 Å². The molecule has 13 rings (SSSR count). The minimum absolute atomic E-state index is 0.585. The fourth-order valence-corrected chi connectivity index (χ4v) is 9.85. The van der Waals surface area contributed by atoms with Gasteiger partial charge in [-0.15, -0.1) is 0 Å². The number of benzene rings is 9. The molecule has 68 heavy (non-hydrogen) atoms. The van der Waals surface area contributed by atoms with Crippen molar-refractivity contribution in [3.63, 3.8) is 0 Å². The Kier molecular flexibility index (Phi) is 9.39. The summed E-state index contributed by atoms with van der Waals surface area (Å²) in [6, 6.07) is 85.2. The van der Waals surface area contributed by atoms with Gasteiger partial charge >= 0.3 is 0 Å². The molecule has 0 fully saturated rings. The molecule has 6 nitrogen and oxygen atoms in total. The zero-order valence-electron chi connectivity index (χ0n) is 36.8. The van der Waals surface area contributed by atoms with E-state index in [0.29, 0.717) is 17.5 Å². The van der Waals surface area contributed by atoms with Crippen LogP contribution < -0.4 is 0 Å². The quantitative estimate of drug-likeness (QED) is 0.153. The molecule has 4 heterocycles. The first-order valence-corrected chi connectivity index (χ1v) is 22.9. The molecule has 0 saturated carbocycles. The van der Waals surface area contributed by atoms with Crippen LogP contribution in [0.3, 0.4) is 0 Å². The molecule has 0 aliphatic heterocycles. The number of nitrogens with zero attached hydrogens (tertiary/aromatic N) is 6. The highest BCUT2D eigenvalue weighted by Crippen LogP contribution is 2.45. The van der Waals surface area contributed by atoms with E-state index in [1.54, 1.807) is 0 Å². The van der Waals surface area contributed by atoms with Gasteiger partial charge in [0.25, 0.3) is 0 Å². The second-order valence-electron chi connectivity index (χ2n) is 17.0. The normalized spacial score (nSPS) is 11.5. The van der Waals surface area contributed by atoms with Gasteiger partial charge in [-0.05, 0) is 66.2 Å². The maximum Gasteiger partial charge on any atom is 0.164 e. The van der Waals surface area contributed by atoms with Crippen LogP contribution in [0.1, 0.15) is 0 Å². The van der Waals surface area contributed by atoms with Crippen LogP contribution in [0.5, 0.6) is 0 Å². The van der Waals surface area contributed by atoms with Crippen LogP contribution in [-0.4, -0.2) is 29.1 Å². The number of para-hydroxylation sites is 3. The molecular formula is C62H40N6. The first-order valence-electron chi connectivity index (χ1n) is 22.9. The molecule has 0 unspecified atom stereocenters. The second-order valence-corrected chi connectivity index (χ2v) is 17.0. The molecule has 13 aromatic rings. The minimum Gasteiger partial charge on any atom is -0.309 e. The SMILES string of the molecule is c1ccc(-c2cc(-c3cc(-c4nc(-c5ccccc5)nc(-c5ccccc5)n4)ccc3-n3c4ccccc4c4ccc5c(c6ccccc6n5-c5ccccc5)c43)cc(-c3ccccc3)n2)cc1. The third kappa shape index (κ3) is 6.66. The van der Waals surface area contributed by atoms with Gasteiger partial charge < -0.3 is 9.13 Å². The summed E-state index contributed by atoms with van der Waals surface area (Å²) >= 11 is 0. The average molecular weight is 869 g/mol. The molecule has 0 saturated heterocycles. The van der Waals surface area contributed by atoms with Crippen molar-refractivity contribution >= 4 is 43.6 Å². The standard InChI is InChI=1S/C62H40N6/c1-6-20-41(21-7-1)52-39-46(40-53(63-52)42-22-8-2-9-23-42)51-38-45(62-65-60(43-24-10-3-11-25-43)64-61(66-62)44-26-12-4-13-27-44)34-36-56(51)68-54-32-18-16-30-48(54)49-35-37-57-58(59(49)68)50-31-17-19-33-55(50)67(57)47-28-14-5-15-29-47/h1-40H. The molecule has 0 aliphatic rings. The molecular weight excluding hydrogens is 829 g/mol. The maximum atomic E-state index is 5.33. The fraction of sp³-hybridized carbons (Fsp3) is 0. The molecule has 0 bridgehead atoms. The summed E-state index contributed by atoms with van der Waals surface area (Å²) in [5.74, 6) is 1.81. The van der Waals surface area contributed by atoms with E-state index >= 15 is 0 Å². The first-order chi connectivity index (χ1) is 33.7. The van der Waals surface area contributed by atoms with Gasteiger partial charge in [0, 0.05) is 60.6 Å². The van der Waals surface area contributed by atoms with Crippen molar-refractivity contribution in [2.24, 2.45) is 0 Å². The maximum absolute atomic E-state index is 5.33. The number of hydrogen-bond acceptors (Lipinski definition) is 4. The van der Waals surface area contributed by atoms with E-state index in [4.69, 9.17) is 19.9 Å². The van der Waals surface area contributed by atoms with Crippen molar-refractivity contribution in [2.75, 3.05) is 0 Å². The largest absolute Gasteiger partial charge is 0.309 e. The molecule has 0 aliphatic carbocycles. The lowest BCUT2D eigenvalue weighted by Crippen LogP contribution is -2.02. The van der Waals surface area contributed by atoms with Crippen LogP contribution >= 0.6 is 0 Å². The Bertz CT molecular complexity index is 3880. The molecule has 0 amide bonds. The molecule has 0 radical (unpaired) electrons. The number of pyridine rings is 1. The van der Waals surface area contributed by atoms with E-state index in [1.165, 1.54) is 21.5 Å². The van der Waals surface area contributed by atoms with Crippen molar-refractivity contribution < 1.29 is 0 Å². The Morgan fingerprint density at radius 1 is 0.279 bits per heavy atom. The Morgan fingerprint density at radius 2 is 0.750 bits per heavy atom. The first kappa shape index (κ1) is 39.1. The van der Waals surface area contributed by atoms with Gasteiger partial charge in [0.2, 0.25) is 0 Å². The van der Waals surface area contributed by atoms with Gasteiger partial charge in [0.15, 0.2) is 17.5 Å². The van der Waals surface area contributed by atoms with Gasteiger partial charge in [-0.2, -0.15) is 0 Å². The molecule has 6 heteroatoms. The van der Waals surface area contributed by atoms with Crippen molar-refractivity contribution in [3.05, 3.63) is 243 Å². The zero-order chi connectivity index (χ0) is 45.0. The second kappa shape index (κ2) is 16.3. The highest BCUT2D eigenvalue weighted by molar-refractivity contribution is 6.26. The van der Waals surface area contributed by atoms with Crippen LogP contribution in [-0.2, 0) is 0 Å². The van der Waals surface area contributed by atoms with E-state index in [2.05, 4.69) is 179 Å². The highest BCUT2D eigenvalue weighted by Gasteiger charge is 2.24. The summed E-state index contributed by atoms with van der Waals surface area (Å²) in [7, 11) is 0. The van der Waals surface area contributed by atoms with Gasteiger partial charge in [-0.25, -0.2) is 19.9 Å². The zero-order valence-corrected chi connectivity index (χ0v) is 36.8. The Hall–Kier alpha value is -9.26. The lowest BCUT2D eigenvalue weighted by Gasteiger charge is -2.18. The third-order valence-corrected chi connectivity index (χ3v) is 13.0. The number of aromatic nitrogens is 6. The van der Waals surface area contributed by atoms with Crippen molar-refractivity contribution in [2.45, 2.75) is 0 Å². The van der Waals surface area contributed by atoms with E-state index < -0.39 is 0 Å². The predicted octanol–water partition coefficient (Wildman–Crippen LogP) is 15.5. The molecule has 0 spiro atoms. The van der Waals surface area contributed by atoms with E-state index in [1.807, 2.05) is 72.8 Å². The highest BCUT2D eigenvalue weighted by atomic mass is 15.0. The summed E-state index contributed by atoms with van der Waals surface area (Å²) in [4.78, 5) is 20.8. The van der Waals surface area contributed by atoms with Crippen LogP contribution in [0, 0.1) is 0 Å². The summed E-state index contributed by atoms with van der Waals surface area (Å²) in [5.41, 5.74) is 15.2. The van der Waals surface area contributed by atoms with Crippen LogP contribution in [0.25, 0.3) is 123 Å². The lowest BCUT2D eigenvalue weighted by molar-refractivity contribution is 1.07. The molecule has 9 aromatic carbocycles. The van der Waals surface area contributed by atoms with Crippen molar-refractivity contribution in [3.8, 4) is 79.2 Å². The number of rotatable bonds is 8. The monoisotopic (exact) mass is 868 g/mol. The van der Waals surface area contributed by atoms with Crippen LogP contribution in [0.15, 0.2) is 243 Å². The summed E-state index contributed by atoms with van der Waals surface area (Å²) < 4.78 is 4.88. The Balaban J connectivity index is 1.15. The predicted molar refractivity (Wildman–Crippen MR) is 279 cm³/mol. The summed E-state index contributed by atoms with van der Waals surface area (Å²) in [6.45, 7) is 0. The number of fused-ring (bicyclic) bond motifs is 7. The van der Waals surface area contributed by atoms with E-state index in [-0.39, 0.29) is 0 Å². The van der Waals surface area contributed by atoms with Gasteiger partial charge in [-0.1, -0.05) is 182 Å². The molecule has 0 N–H and O–H groups in total. The molecule has 0 atom stereocenters. The van der Waals surface area contributed by atoms with Gasteiger partial charge in [0.05, 0.1) is 39.1 Å². The van der Waals surface area contributed by atoms with Crippen molar-refractivity contribution in [1.29, 1.82) is 0 Å². The van der Waals surface area contributed by atoms with Crippen LogP contribution in [0.4, 0.5) is 0 Å². The lowest BCUT2D eigenvalue weighted by atomic mass is 9.96. The smallest absolute Gasteiger partial charge is 0.164 e. The summed E-state index contributed by atoms with van der Waals surface area (Å²) in [6.07, 6.45) is 0. The number of hydrogen-bond donors (Lipinski definition) is 0. The average Bonchev–Trinajstić information content (AvgIpc) is 3.94. The van der Waals surface area contributed by atoms with Gasteiger partial charge in [-0.3, -0.25) is 0 Å². The molecule has 4 aromatic heterocycles. The van der Waals surface area contributed by atoms with Crippen molar-refractivity contribution in [1.82, 2.24) is 29.1 Å². The summed E-state index contributed by atoms with van der Waals surface area (Å²) in [5, 5.41) is 4.74. The van der Waals surface area contributed by atoms with Gasteiger partial charge in [0.1, 0.15) is 0 Å². The molecule has 318 valence electrons. The van der Waals surface area contributed by atoms with E-state index in [9.17, 15) is 0 Å². The van der Waals surface area contributed by atoms with Crippen LogP contribution in [0.2, 0.25) is 0 Å².